The summed E-state index contributed by atoms with van der Waals surface area (Å²) >= 11 is 0. The maximum atomic E-state index is 5.05. The summed E-state index contributed by atoms with van der Waals surface area (Å²) < 4.78 is 6.99. The fourth-order valence-corrected chi connectivity index (χ4v) is 15.5. The Kier molecular flexibility index (Phi) is 31.4. The molecule has 25 aromatic rings. The number of fused-ring (bicyclic) bond motifs is 12. The van der Waals surface area contributed by atoms with Crippen molar-refractivity contribution in [3.8, 4) is 68.7 Å². The first-order valence-electron chi connectivity index (χ1n) is 46.3. The normalized spacial score (nSPS) is 10.7. The van der Waals surface area contributed by atoms with Gasteiger partial charge in [-0.2, -0.15) is 0 Å². The molecule has 18 aromatic heterocycles. The fourth-order valence-electron chi connectivity index (χ4n) is 15.5. The SMILES string of the molecule is CCCCc1ccc2ccc3ccc(CCCC)nc3c2n1.Cc1cc(-c2cc(C)c3ccccc3n2)nc2ccccc12.Cn1ccnc1-c1ccccn1.c1ccc(-c2ccc3ccccc3n2)nc1.c1ccc(-c2ccccn2)nc1.c1ccc(-c2ncco2)nc1.c1ccc2nc(-c3ccc4ccccc4n3)ccc2c1.c1cnc2c(c1)ccc1cccnc12.c1cnc2ncccc2c1. The molecule has 0 bridgehead atoms. The molecular weight excluding hydrogens is 1710 g/mol. The minimum atomic E-state index is 0.561. The number of pyridine rings is 16. The van der Waals surface area contributed by atoms with E-state index < -0.39 is 0 Å². The summed E-state index contributed by atoms with van der Waals surface area (Å²) in [4.78, 5) is 79.3. The number of benzene rings is 7. The molecule has 25 rings (SSSR count). The van der Waals surface area contributed by atoms with Gasteiger partial charge in [0.15, 0.2) is 11.5 Å². The number of rotatable bonds is 12. The van der Waals surface area contributed by atoms with Gasteiger partial charge in [0, 0.05) is 140 Å². The zero-order valence-corrected chi connectivity index (χ0v) is 77.7. The highest BCUT2D eigenvalue weighted by Gasteiger charge is 2.13. The van der Waals surface area contributed by atoms with Crippen LogP contribution in [0.2, 0.25) is 0 Å². The van der Waals surface area contributed by atoms with Crippen LogP contribution in [-0.4, -0.2) is 94.3 Å². The second-order valence-corrected chi connectivity index (χ2v) is 32.4. The number of imidazole rings is 1. The number of oxazole rings is 1. The van der Waals surface area contributed by atoms with Gasteiger partial charge >= 0.3 is 0 Å². The van der Waals surface area contributed by atoms with E-state index in [1.165, 1.54) is 76.0 Å². The minimum absolute atomic E-state index is 0.561. The standard InChI is InChI=1S/C20H16N2.C20H24N2.C18H12N2.C14H10N2.C12H8N2.C10H8N2.C9H9N3.C8H6N2O.C8H6N2/c1-13-11-19(21-17-9-5-3-7-15(13)17)20-12-14(2)16-8-4-6-10-18(16)22-20;1-3-5-7-17-13-11-15-9-10-16-12-14-18(8-6-4-2)22-20(16)19(15)21-17;1-3-7-15-13(5-1)9-11-17(19-15)18-12-10-14-6-2-4-8-16(14)20-18;1-2-6-12-11(5-1)8-9-14(16-12)13-7-3-4-10-15-13;1-3-9-5-6-10-4-2-8-14-12(10)11(9)13-7-1;1-3-7-11-9(5-1)10-6-2-4-8-12-10;1-12-7-6-11-9(12)8-4-2-3-5-10-8;1-2-4-9-7(3-1)8-10-5-6-11-8;1-3-7-4-2-6-10-8(7)9-5-1/h3-12H,1-2H3;9-14H,3-8H2,1-2H3;1-12H;1-10H;1-8H;1-8H;2-7H,1H3;1-6H;1-6H. The molecule has 0 aliphatic heterocycles. The van der Waals surface area contributed by atoms with Crippen molar-refractivity contribution >= 4 is 109 Å². The van der Waals surface area contributed by atoms with Gasteiger partial charge in [-0.1, -0.05) is 215 Å². The maximum Gasteiger partial charge on any atom is 0.244 e. The largest absolute Gasteiger partial charge is 0.443 e. The molecule has 20 heteroatoms. The Bertz CT molecular complexity index is 7910. The third-order valence-electron chi connectivity index (χ3n) is 22.6. The number of aryl methyl sites for hydroxylation is 5. The van der Waals surface area contributed by atoms with E-state index in [-0.39, 0.29) is 0 Å². The summed E-state index contributed by atoms with van der Waals surface area (Å²) in [6, 6.07) is 119. The highest BCUT2D eigenvalue weighted by molar-refractivity contribution is 6.04. The van der Waals surface area contributed by atoms with Crippen LogP contribution in [0.4, 0.5) is 0 Å². The smallest absolute Gasteiger partial charge is 0.244 e. The number of para-hydroxylation sites is 5. The summed E-state index contributed by atoms with van der Waals surface area (Å²) in [5, 5.41) is 11.6. The Morgan fingerprint density at radius 1 is 0.237 bits per heavy atom. The van der Waals surface area contributed by atoms with E-state index in [2.05, 4.69) is 243 Å². The zero-order valence-electron chi connectivity index (χ0n) is 77.7. The number of nitrogens with zero attached hydrogens (tertiary/aromatic N) is 19. The first-order chi connectivity index (χ1) is 68.6. The molecule has 0 unspecified atom stereocenters. The van der Waals surface area contributed by atoms with Crippen LogP contribution in [0, 0.1) is 13.8 Å². The van der Waals surface area contributed by atoms with Crippen LogP contribution in [-0.2, 0) is 19.9 Å². The van der Waals surface area contributed by atoms with Gasteiger partial charge in [0.25, 0.3) is 0 Å². The first-order valence-corrected chi connectivity index (χ1v) is 46.3. The van der Waals surface area contributed by atoms with E-state index in [4.69, 9.17) is 24.4 Å². The van der Waals surface area contributed by atoms with Gasteiger partial charge < -0.3 is 8.98 Å². The van der Waals surface area contributed by atoms with Gasteiger partial charge in [-0.05, 0) is 221 Å². The van der Waals surface area contributed by atoms with Gasteiger partial charge in [-0.3, -0.25) is 44.9 Å². The number of unbranched alkanes of at least 4 members (excludes halogenated alkanes) is 2. The van der Waals surface area contributed by atoms with E-state index >= 15 is 0 Å². The average molecular weight is 1810 g/mol. The van der Waals surface area contributed by atoms with Gasteiger partial charge in [-0.15, -0.1) is 0 Å². The van der Waals surface area contributed by atoms with Crippen LogP contribution in [0.1, 0.15) is 62.0 Å². The molecule has 0 saturated carbocycles. The van der Waals surface area contributed by atoms with Gasteiger partial charge in [-0.25, -0.2) is 44.9 Å². The van der Waals surface area contributed by atoms with E-state index in [9.17, 15) is 0 Å². The number of aromatic nitrogens is 19. The molecule has 0 N–H and O–H groups in total. The summed E-state index contributed by atoms with van der Waals surface area (Å²) in [5.74, 6) is 1.46. The average Bonchev–Trinajstić information content (AvgIpc) is 1.34. The Hall–Kier alpha value is -18.0. The Morgan fingerprint density at radius 2 is 0.568 bits per heavy atom. The van der Waals surface area contributed by atoms with Crippen LogP contribution in [0.5, 0.6) is 0 Å². The van der Waals surface area contributed by atoms with Crippen molar-refractivity contribution in [2.24, 2.45) is 7.05 Å². The number of hydrogen-bond donors (Lipinski definition) is 0. The monoisotopic (exact) mass is 1810 g/mol. The summed E-state index contributed by atoms with van der Waals surface area (Å²) in [6.07, 6.45) is 29.6. The van der Waals surface area contributed by atoms with Crippen LogP contribution in [0.15, 0.2) is 443 Å². The van der Waals surface area contributed by atoms with Crippen molar-refractivity contribution in [3.05, 3.63) is 461 Å². The van der Waals surface area contributed by atoms with Crippen molar-refractivity contribution in [2.75, 3.05) is 0 Å². The second-order valence-electron chi connectivity index (χ2n) is 32.4. The summed E-state index contributed by atoms with van der Waals surface area (Å²) in [5.41, 5.74) is 23.8. The molecule has 0 fully saturated rings. The minimum Gasteiger partial charge on any atom is -0.443 e. The summed E-state index contributed by atoms with van der Waals surface area (Å²) in [7, 11) is 1.96. The van der Waals surface area contributed by atoms with Crippen molar-refractivity contribution in [3.63, 3.8) is 0 Å². The Morgan fingerprint density at radius 3 is 0.957 bits per heavy atom. The lowest BCUT2D eigenvalue weighted by Crippen LogP contribution is -1.95. The lowest BCUT2D eigenvalue weighted by molar-refractivity contribution is 0.572. The third-order valence-corrected chi connectivity index (χ3v) is 22.6. The van der Waals surface area contributed by atoms with Gasteiger partial charge in [0.1, 0.15) is 17.7 Å². The van der Waals surface area contributed by atoms with Crippen molar-refractivity contribution in [1.29, 1.82) is 0 Å². The molecule has 676 valence electrons. The second kappa shape index (κ2) is 47.0. The van der Waals surface area contributed by atoms with E-state index in [1.807, 2.05) is 230 Å². The molecule has 0 aliphatic rings. The Balaban J connectivity index is 0.000000109. The molecule has 0 atom stereocenters. The molecule has 7 aromatic carbocycles. The molecule has 0 amide bonds. The van der Waals surface area contributed by atoms with Crippen LogP contribution < -0.4 is 0 Å². The van der Waals surface area contributed by atoms with Gasteiger partial charge in [0.05, 0.1) is 101 Å². The van der Waals surface area contributed by atoms with Crippen LogP contribution >= 0.6 is 0 Å². The molecule has 18 heterocycles. The van der Waals surface area contributed by atoms with Crippen LogP contribution in [0.3, 0.4) is 0 Å². The van der Waals surface area contributed by atoms with Gasteiger partial charge in [0.2, 0.25) is 5.89 Å². The number of hydrogen-bond acceptors (Lipinski definition) is 19. The van der Waals surface area contributed by atoms with Crippen molar-refractivity contribution in [2.45, 2.75) is 66.2 Å². The molecular formula is C119H99N19O. The molecule has 139 heavy (non-hydrogen) atoms. The Labute approximate surface area is 805 Å². The quantitative estimate of drug-likeness (QED) is 0.103. The zero-order chi connectivity index (χ0) is 95.0. The third kappa shape index (κ3) is 24.5. The van der Waals surface area contributed by atoms with E-state index in [1.54, 1.807) is 68.2 Å². The first kappa shape index (κ1) is 92.8. The van der Waals surface area contributed by atoms with Crippen molar-refractivity contribution in [1.82, 2.24) is 94.3 Å². The summed E-state index contributed by atoms with van der Waals surface area (Å²) in [6.45, 7) is 8.69. The molecule has 0 radical (unpaired) electrons. The predicted molar refractivity (Wildman–Crippen MR) is 564 cm³/mol. The van der Waals surface area contributed by atoms with Crippen molar-refractivity contribution < 1.29 is 4.42 Å². The highest BCUT2D eigenvalue weighted by atomic mass is 16.3. The molecule has 20 nitrogen and oxygen atoms in total. The topological polar surface area (TPSA) is 250 Å². The lowest BCUT2D eigenvalue weighted by atomic mass is 10.0. The molecule has 0 aliphatic carbocycles. The van der Waals surface area contributed by atoms with Crippen LogP contribution in [0.25, 0.3) is 178 Å². The lowest BCUT2D eigenvalue weighted by Gasteiger charge is -2.09. The fraction of sp³-hybridized carbons (Fsp3) is 0.0924. The predicted octanol–water partition coefficient (Wildman–Crippen LogP) is 28.1. The molecule has 0 spiro atoms. The molecule has 0 saturated heterocycles. The highest BCUT2D eigenvalue weighted by Crippen LogP contribution is 2.31. The van der Waals surface area contributed by atoms with E-state index in [0.717, 1.165) is 163 Å². The maximum absolute atomic E-state index is 5.05. The van der Waals surface area contributed by atoms with E-state index in [0.29, 0.717) is 5.89 Å².